The molecule has 0 heterocycles. The van der Waals surface area contributed by atoms with Crippen molar-refractivity contribution in [3.8, 4) is 0 Å². The lowest BCUT2D eigenvalue weighted by molar-refractivity contribution is 0.258. The highest BCUT2D eigenvalue weighted by atomic mass is 79.9. The maximum atomic E-state index is 3.69. The molecular formula is C16H23Br. The minimum atomic E-state index is 0.368. The summed E-state index contributed by atoms with van der Waals surface area (Å²) in [5, 5.41) is 1.08. The maximum Gasteiger partial charge on any atom is 0.00909 e. The first kappa shape index (κ1) is 13.1. The maximum absolute atomic E-state index is 3.69. The van der Waals surface area contributed by atoms with Gasteiger partial charge >= 0.3 is 0 Å². The largest absolute Gasteiger partial charge is 0.0922 e. The summed E-state index contributed by atoms with van der Waals surface area (Å²) >= 11 is 3.69. The first-order valence-corrected chi connectivity index (χ1v) is 7.84. The molecule has 0 N–H and O–H groups in total. The third kappa shape index (κ3) is 2.76. The quantitative estimate of drug-likeness (QED) is 0.702. The Morgan fingerprint density at radius 3 is 2.59 bits per heavy atom. The van der Waals surface area contributed by atoms with Gasteiger partial charge < -0.3 is 0 Å². The number of rotatable bonds is 4. The smallest absolute Gasteiger partial charge is 0.00909 e. The number of fused-ring (bicyclic) bond motifs is 1. The molecule has 0 radical (unpaired) electrons. The number of hydrogen-bond acceptors (Lipinski definition) is 0. The molecule has 17 heavy (non-hydrogen) atoms. The fraction of sp³-hybridized carbons (Fsp3) is 0.625. The molecule has 0 saturated heterocycles. The van der Waals surface area contributed by atoms with E-state index in [0.29, 0.717) is 11.3 Å². The second-order valence-electron chi connectivity index (χ2n) is 6.08. The molecular weight excluding hydrogens is 272 g/mol. The Morgan fingerprint density at radius 1 is 1.24 bits per heavy atom. The number of benzene rings is 1. The van der Waals surface area contributed by atoms with E-state index >= 15 is 0 Å². The second-order valence-corrected chi connectivity index (χ2v) is 6.64. The van der Waals surface area contributed by atoms with Crippen molar-refractivity contribution in [2.45, 2.75) is 46.5 Å². The Hall–Kier alpha value is -0.300. The standard InChI is InChI=1S/C16H23Br/c1-12(2)16(3,11-17)10-13-7-8-14-5-4-6-15(14)9-13/h7-9,12H,4-6,10-11H2,1-3H3. The van der Waals surface area contributed by atoms with Crippen molar-refractivity contribution in [2.75, 3.05) is 5.33 Å². The number of halogens is 1. The molecule has 1 aromatic rings. The van der Waals surface area contributed by atoms with Crippen LogP contribution < -0.4 is 0 Å². The fourth-order valence-corrected chi connectivity index (χ4v) is 3.45. The van der Waals surface area contributed by atoms with Crippen molar-refractivity contribution in [1.82, 2.24) is 0 Å². The predicted molar refractivity (Wildman–Crippen MR) is 78.9 cm³/mol. The van der Waals surface area contributed by atoms with Gasteiger partial charge in [-0.3, -0.25) is 0 Å². The van der Waals surface area contributed by atoms with Crippen LogP contribution in [0.5, 0.6) is 0 Å². The molecule has 2 rings (SSSR count). The van der Waals surface area contributed by atoms with E-state index in [-0.39, 0.29) is 0 Å². The monoisotopic (exact) mass is 294 g/mol. The predicted octanol–water partition coefficient (Wildman–Crippen LogP) is 4.78. The van der Waals surface area contributed by atoms with Crippen LogP contribution in [-0.2, 0) is 19.3 Å². The first-order valence-electron chi connectivity index (χ1n) is 6.72. The van der Waals surface area contributed by atoms with Crippen molar-refractivity contribution in [3.63, 3.8) is 0 Å². The Bertz CT molecular complexity index is 395. The summed E-state index contributed by atoms with van der Waals surface area (Å²) in [5.74, 6) is 0.704. The molecule has 0 aliphatic heterocycles. The lowest BCUT2D eigenvalue weighted by Gasteiger charge is -2.32. The minimum Gasteiger partial charge on any atom is -0.0922 e. The minimum absolute atomic E-state index is 0.368. The van der Waals surface area contributed by atoms with Gasteiger partial charge in [-0.15, -0.1) is 0 Å². The molecule has 1 aromatic carbocycles. The van der Waals surface area contributed by atoms with E-state index in [2.05, 4.69) is 54.9 Å². The molecule has 0 aromatic heterocycles. The molecule has 0 saturated carbocycles. The fourth-order valence-electron chi connectivity index (χ4n) is 2.61. The van der Waals surface area contributed by atoms with Crippen molar-refractivity contribution in [2.24, 2.45) is 11.3 Å². The van der Waals surface area contributed by atoms with Gasteiger partial charge in [-0.05, 0) is 53.7 Å². The molecule has 1 heteroatoms. The van der Waals surface area contributed by atoms with Gasteiger partial charge in [0.25, 0.3) is 0 Å². The summed E-state index contributed by atoms with van der Waals surface area (Å²) in [6.45, 7) is 7.04. The van der Waals surface area contributed by atoms with E-state index in [4.69, 9.17) is 0 Å². The van der Waals surface area contributed by atoms with Gasteiger partial charge in [-0.25, -0.2) is 0 Å². The van der Waals surface area contributed by atoms with Crippen LogP contribution in [0.4, 0.5) is 0 Å². The van der Waals surface area contributed by atoms with Crippen LogP contribution in [0.2, 0.25) is 0 Å². The molecule has 1 atom stereocenters. The van der Waals surface area contributed by atoms with Crippen LogP contribution in [0.15, 0.2) is 18.2 Å². The topological polar surface area (TPSA) is 0 Å². The number of hydrogen-bond donors (Lipinski definition) is 0. The lowest BCUT2D eigenvalue weighted by atomic mass is 9.76. The molecule has 0 bridgehead atoms. The summed E-state index contributed by atoms with van der Waals surface area (Å²) in [6, 6.07) is 7.14. The molecule has 94 valence electrons. The Balaban J connectivity index is 2.18. The zero-order chi connectivity index (χ0) is 12.5. The van der Waals surface area contributed by atoms with Gasteiger partial charge in [-0.1, -0.05) is 54.9 Å². The molecule has 0 nitrogen and oxygen atoms in total. The zero-order valence-electron chi connectivity index (χ0n) is 11.2. The van der Waals surface area contributed by atoms with Gasteiger partial charge in [0.2, 0.25) is 0 Å². The summed E-state index contributed by atoms with van der Waals surface area (Å²) < 4.78 is 0. The van der Waals surface area contributed by atoms with E-state index in [1.54, 1.807) is 11.1 Å². The van der Waals surface area contributed by atoms with Gasteiger partial charge in [-0.2, -0.15) is 0 Å². The molecule has 0 spiro atoms. The van der Waals surface area contributed by atoms with E-state index in [1.165, 1.54) is 31.2 Å². The van der Waals surface area contributed by atoms with Crippen LogP contribution in [-0.4, -0.2) is 5.33 Å². The second kappa shape index (κ2) is 5.14. The van der Waals surface area contributed by atoms with Crippen molar-refractivity contribution < 1.29 is 0 Å². The molecule has 0 fully saturated rings. The number of alkyl halides is 1. The lowest BCUT2D eigenvalue weighted by Crippen LogP contribution is -2.28. The third-order valence-corrected chi connectivity index (χ3v) is 5.75. The number of aryl methyl sites for hydroxylation is 2. The molecule has 1 aliphatic carbocycles. The molecule has 1 aliphatic rings. The highest BCUT2D eigenvalue weighted by Crippen LogP contribution is 2.34. The first-order chi connectivity index (χ1) is 8.05. The van der Waals surface area contributed by atoms with E-state index < -0.39 is 0 Å². The van der Waals surface area contributed by atoms with Gasteiger partial charge in [0.15, 0.2) is 0 Å². The van der Waals surface area contributed by atoms with E-state index in [9.17, 15) is 0 Å². The highest BCUT2D eigenvalue weighted by molar-refractivity contribution is 9.09. The summed E-state index contributed by atoms with van der Waals surface area (Å²) in [4.78, 5) is 0. The SMILES string of the molecule is CC(C)C(C)(CBr)Cc1ccc2c(c1)CCC2. The van der Waals surface area contributed by atoms with Crippen LogP contribution in [0.1, 0.15) is 43.9 Å². The Kier molecular flexibility index (Phi) is 3.97. The van der Waals surface area contributed by atoms with E-state index in [1.807, 2.05) is 0 Å². The summed E-state index contributed by atoms with van der Waals surface area (Å²) in [5.41, 5.74) is 5.07. The van der Waals surface area contributed by atoms with Gasteiger partial charge in [0.1, 0.15) is 0 Å². The average Bonchev–Trinajstić information content (AvgIpc) is 2.75. The molecule has 0 amide bonds. The van der Waals surface area contributed by atoms with Gasteiger partial charge in [0, 0.05) is 5.33 Å². The zero-order valence-corrected chi connectivity index (χ0v) is 12.8. The highest BCUT2D eigenvalue weighted by Gasteiger charge is 2.27. The molecule has 1 unspecified atom stereocenters. The van der Waals surface area contributed by atoms with Crippen molar-refractivity contribution in [1.29, 1.82) is 0 Å². The van der Waals surface area contributed by atoms with Gasteiger partial charge in [0.05, 0.1) is 0 Å². The third-order valence-electron chi connectivity index (χ3n) is 4.47. The Morgan fingerprint density at radius 2 is 1.94 bits per heavy atom. The van der Waals surface area contributed by atoms with Crippen LogP contribution in [0.3, 0.4) is 0 Å². The average molecular weight is 295 g/mol. The Labute approximate surface area is 114 Å². The van der Waals surface area contributed by atoms with Crippen molar-refractivity contribution >= 4 is 15.9 Å². The van der Waals surface area contributed by atoms with Crippen molar-refractivity contribution in [3.05, 3.63) is 34.9 Å². The van der Waals surface area contributed by atoms with E-state index in [0.717, 1.165) is 5.33 Å². The van der Waals surface area contributed by atoms with Crippen LogP contribution in [0, 0.1) is 11.3 Å². The van der Waals surface area contributed by atoms with Crippen LogP contribution >= 0.6 is 15.9 Å². The summed E-state index contributed by atoms with van der Waals surface area (Å²) in [7, 11) is 0. The normalized spacial score (nSPS) is 18.2. The van der Waals surface area contributed by atoms with Crippen LogP contribution in [0.25, 0.3) is 0 Å². The summed E-state index contributed by atoms with van der Waals surface area (Å²) in [6.07, 6.45) is 5.10.